The SMILES string of the molecule is COC(=O)CN1CN(c2ccccc2)Cc2c1nc(C)n2Cc1ccc(-c2ccccc2-c2nn[nH]n2)cc1. The van der Waals surface area contributed by atoms with Crippen LogP contribution in [0.1, 0.15) is 17.1 Å². The second kappa shape index (κ2) is 10.4. The number of carbonyl (C=O) groups is 1. The van der Waals surface area contributed by atoms with Crippen molar-refractivity contribution < 1.29 is 9.53 Å². The summed E-state index contributed by atoms with van der Waals surface area (Å²) in [6.45, 7) is 4.05. The van der Waals surface area contributed by atoms with Crippen LogP contribution >= 0.6 is 0 Å². The smallest absolute Gasteiger partial charge is 0.325 e. The fourth-order valence-corrected chi connectivity index (χ4v) is 5.05. The lowest BCUT2D eigenvalue weighted by atomic mass is 9.98. The summed E-state index contributed by atoms with van der Waals surface area (Å²) in [6.07, 6.45) is 0. The second-order valence-corrected chi connectivity index (χ2v) is 9.44. The molecular weight excluding hydrogens is 492 g/mol. The zero-order valence-corrected chi connectivity index (χ0v) is 21.8. The number of imidazole rings is 1. The number of H-pyrrole nitrogens is 1. The van der Waals surface area contributed by atoms with Crippen LogP contribution in [-0.4, -0.2) is 56.5 Å². The van der Waals surface area contributed by atoms with E-state index in [1.165, 1.54) is 7.11 Å². The van der Waals surface area contributed by atoms with E-state index in [-0.39, 0.29) is 12.5 Å². The van der Waals surface area contributed by atoms with Gasteiger partial charge in [0.05, 0.1) is 26.0 Å². The molecule has 0 amide bonds. The van der Waals surface area contributed by atoms with Gasteiger partial charge in [0.2, 0.25) is 5.82 Å². The first-order chi connectivity index (χ1) is 19.1. The first kappa shape index (κ1) is 24.4. The zero-order valence-electron chi connectivity index (χ0n) is 21.8. The normalized spacial score (nSPS) is 12.9. The van der Waals surface area contributed by atoms with E-state index < -0.39 is 0 Å². The summed E-state index contributed by atoms with van der Waals surface area (Å²) in [5.41, 5.74) is 6.34. The molecule has 0 radical (unpaired) electrons. The second-order valence-electron chi connectivity index (χ2n) is 9.44. The van der Waals surface area contributed by atoms with Crippen molar-refractivity contribution in [1.29, 1.82) is 0 Å². The van der Waals surface area contributed by atoms with E-state index in [4.69, 9.17) is 9.72 Å². The van der Waals surface area contributed by atoms with E-state index in [9.17, 15) is 4.79 Å². The lowest BCUT2D eigenvalue weighted by molar-refractivity contribution is -0.138. The Hall–Kier alpha value is -4.99. The molecule has 0 bridgehead atoms. The number of tetrazole rings is 1. The average Bonchev–Trinajstić information content (AvgIpc) is 3.62. The van der Waals surface area contributed by atoms with Crippen molar-refractivity contribution in [1.82, 2.24) is 30.2 Å². The summed E-state index contributed by atoms with van der Waals surface area (Å²) < 4.78 is 7.21. The van der Waals surface area contributed by atoms with Crippen LogP contribution in [0.4, 0.5) is 11.5 Å². The van der Waals surface area contributed by atoms with Crippen molar-refractivity contribution in [3.63, 3.8) is 0 Å². The first-order valence-electron chi connectivity index (χ1n) is 12.7. The van der Waals surface area contributed by atoms with Crippen molar-refractivity contribution in [2.45, 2.75) is 20.0 Å². The Balaban J connectivity index is 1.31. The Morgan fingerprint density at radius 1 is 0.974 bits per heavy atom. The van der Waals surface area contributed by atoms with E-state index in [2.05, 4.69) is 72.6 Å². The molecule has 0 saturated carbocycles. The monoisotopic (exact) mass is 520 g/mol. The van der Waals surface area contributed by atoms with Gasteiger partial charge >= 0.3 is 5.97 Å². The van der Waals surface area contributed by atoms with Crippen molar-refractivity contribution >= 4 is 17.5 Å². The molecule has 0 fully saturated rings. The van der Waals surface area contributed by atoms with Gasteiger partial charge in [0.25, 0.3) is 0 Å². The number of nitrogens with zero attached hydrogens (tertiary/aromatic N) is 7. The van der Waals surface area contributed by atoms with Gasteiger partial charge < -0.3 is 19.1 Å². The Labute approximate surface area is 225 Å². The van der Waals surface area contributed by atoms with E-state index in [1.807, 2.05) is 48.2 Å². The van der Waals surface area contributed by atoms with Crippen LogP contribution < -0.4 is 9.80 Å². The number of ether oxygens (including phenoxy) is 1. The number of aromatic nitrogens is 6. The lowest BCUT2D eigenvalue weighted by Crippen LogP contribution is -2.45. The highest BCUT2D eigenvalue weighted by molar-refractivity contribution is 5.80. The van der Waals surface area contributed by atoms with E-state index in [1.54, 1.807) is 0 Å². The number of carbonyl (C=O) groups excluding carboxylic acids is 1. The number of hydrogen-bond donors (Lipinski definition) is 1. The van der Waals surface area contributed by atoms with Gasteiger partial charge in [-0.2, -0.15) is 5.21 Å². The lowest BCUT2D eigenvalue weighted by Gasteiger charge is -2.37. The minimum Gasteiger partial charge on any atom is -0.468 e. The summed E-state index contributed by atoms with van der Waals surface area (Å²) in [6, 6.07) is 26.8. The molecule has 0 unspecified atom stereocenters. The Bertz CT molecular complexity index is 1580. The molecule has 6 rings (SSSR count). The third kappa shape index (κ3) is 4.84. The predicted octanol–water partition coefficient (Wildman–Crippen LogP) is 4.04. The highest BCUT2D eigenvalue weighted by atomic mass is 16.5. The molecule has 196 valence electrons. The molecular formula is C29H28N8O2. The molecule has 3 aromatic carbocycles. The molecule has 10 heteroatoms. The van der Waals surface area contributed by atoms with E-state index >= 15 is 0 Å². The maximum Gasteiger partial charge on any atom is 0.325 e. The van der Waals surface area contributed by atoms with Crippen molar-refractivity contribution in [2.75, 3.05) is 30.1 Å². The van der Waals surface area contributed by atoms with Crippen molar-refractivity contribution in [2.24, 2.45) is 0 Å². The summed E-state index contributed by atoms with van der Waals surface area (Å²) >= 11 is 0. The molecule has 0 saturated heterocycles. The van der Waals surface area contributed by atoms with Gasteiger partial charge in [-0.05, 0) is 41.0 Å². The number of rotatable bonds is 7. The molecule has 3 heterocycles. The van der Waals surface area contributed by atoms with Crippen LogP contribution in [0.3, 0.4) is 0 Å². The fourth-order valence-electron chi connectivity index (χ4n) is 5.05. The predicted molar refractivity (Wildman–Crippen MR) is 148 cm³/mol. The highest BCUT2D eigenvalue weighted by Gasteiger charge is 2.30. The number of aryl methyl sites for hydroxylation is 1. The maximum absolute atomic E-state index is 12.2. The van der Waals surface area contributed by atoms with Crippen LogP contribution in [0.5, 0.6) is 0 Å². The number of fused-ring (bicyclic) bond motifs is 1. The summed E-state index contributed by atoms with van der Waals surface area (Å²) in [4.78, 5) is 21.4. The molecule has 1 aliphatic rings. The Morgan fingerprint density at radius 3 is 2.44 bits per heavy atom. The number of benzene rings is 3. The van der Waals surface area contributed by atoms with Gasteiger partial charge in [-0.1, -0.05) is 66.7 Å². The average molecular weight is 521 g/mol. The number of aromatic amines is 1. The van der Waals surface area contributed by atoms with Crippen LogP contribution in [0.2, 0.25) is 0 Å². The molecule has 10 nitrogen and oxygen atoms in total. The van der Waals surface area contributed by atoms with Gasteiger partial charge in [0.1, 0.15) is 12.4 Å². The molecule has 39 heavy (non-hydrogen) atoms. The topological polar surface area (TPSA) is 105 Å². The molecule has 0 atom stereocenters. The number of hydrogen-bond acceptors (Lipinski definition) is 8. The largest absolute Gasteiger partial charge is 0.468 e. The number of esters is 1. The Morgan fingerprint density at radius 2 is 1.72 bits per heavy atom. The number of methoxy groups -OCH3 is 1. The maximum atomic E-state index is 12.2. The van der Waals surface area contributed by atoms with Crippen LogP contribution in [0, 0.1) is 6.92 Å². The van der Waals surface area contributed by atoms with E-state index in [0.717, 1.165) is 45.3 Å². The summed E-state index contributed by atoms with van der Waals surface area (Å²) in [5.74, 6) is 2.00. The Kier molecular flexibility index (Phi) is 6.50. The van der Waals surface area contributed by atoms with Crippen LogP contribution in [0.15, 0.2) is 78.9 Å². The van der Waals surface area contributed by atoms with Gasteiger partial charge in [0, 0.05) is 17.8 Å². The van der Waals surface area contributed by atoms with Gasteiger partial charge in [0.15, 0.2) is 5.82 Å². The third-order valence-electron chi connectivity index (χ3n) is 7.01. The van der Waals surface area contributed by atoms with Crippen LogP contribution in [0.25, 0.3) is 22.5 Å². The van der Waals surface area contributed by atoms with Crippen molar-refractivity contribution in [3.05, 3.63) is 95.9 Å². The molecule has 1 aliphatic heterocycles. The molecule has 1 N–H and O–H groups in total. The van der Waals surface area contributed by atoms with Gasteiger partial charge in [-0.15, -0.1) is 10.2 Å². The quantitative estimate of drug-likeness (QED) is 0.321. The molecule has 0 spiro atoms. The highest BCUT2D eigenvalue weighted by Crippen LogP contribution is 2.33. The van der Waals surface area contributed by atoms with Crippen LogP contribution in [-0.2, 0) is 22.6 Å². The standard InChI is InChI=1S/C29H28N8O2/c1-20-30-29-26(17-35(23-8-4-3-5-9-23)19-36(29)18-27(38)39-2)37(20)16-21-12-14-22(15-13-21)24-10-6-7-11-25(24)28-31-33-34-32-28/h3-15H,16-19H2,1-2H3,(H,31,32,33,34). The summed E-state index contributed by atoms with van der Waals surface area (Å²) in [5, 5.41) is 14.5. The number of para-hydroxylation sites is 1. The minimum atomic E-state index is -0.292. The third-order valence-corrected chi connectivity index (χ3v) is 7.01. The van der Waals surface area contributed by atoms with Gasteiger partial charge in [-0.25, -0.2) is 4.98 Å². The number of nitrogens with one attached hydrogen (secondary N) is 1. The number of anilines is 2. The van der Waals surface area contributed by atoms with E-state index in [0.29, 0.717) is 25.6 Å². The minimum absolute atomic E-state index is 0.137. The molecule has 5 aromatic rings. The van der Waals surface area contributed by atoms with Gasteiger partial charge in [-0.3, -0.25) is 4.79 Å². The van der Waals surface area contributed by atoms with Crippen molar-refractivity contribution in [3.8, 4) is 22.5 Å². The zero-order chi connectivity index (χ0) is 26.8. The summed E-state index contributed by atoms with van der Waals surface area (Å²) in [7, 11) is 1.41. The molecule has 2 aromatic heterocycles. The molecule has 0 aliphatic carbocycles. The fraction of sp³-hybridized carbons (Fsp3) is 0.207. The first-order valence-corrected chi connectivity index (χ1v) is 12.7.